The van der Waals surface area contributed by atoms with Gasteiger partial charge in [-0.3, -0.25) is 0 Å². The van der Waals surface area contributed by atoms with E-state index in [1.807, 2.05) is 0 Å². The summed E-state index contributed by atoms with van der Waals surface area (Å²) < 4.78 is 16.3. The zero-order valence-electron chi connectivity index (χ0n) is 10.1. The standard InChI is InChI=1S/C12H15ClN2O3/c1-16-6-9-7-17-10-3-2-8(4-11(10)18-9)15-12(14)5-13/h2-4,9H,5-7H2,1H3,(H2,14,15). The molecular weight excluding hydrogens is 256 g/mol. The molecule has 0 fully saturated rings. The zero-order valence-corrected chi connectivity index (χ0v) is 10.8. The fraction of sp³-hybridized carbons (Fsp3) is 0.417. The summed E-state index contributed by atoms with van der Waals surface area (Å²) in [4.78, 5) is 4.15. The molecule has 1 atom stereocenters. The van der Waals surface area contributed by atoms with Gasteiger partial charge < -0.3 is 19.9 Å². The molecule has 0 aromatic heterocycles. The lowest BCUT2D eigenvalue weighted by Crippen LogP contribution is -2.32. The molecule has 0 saturated heterocycles. The van der Waals surface area contributed by atoms with Crippen LogP contribution in [0, 0.1) is 0 Å². The average molecular weight is 271 g/mol. The Labute approximate surface area is 110 Å². The SMILES string of the molecule is COCC1COc2ccc(N=C(N)CCl)cc2O1. The first-order chi connectivity index (χ1) is 8.72. The van der Waals surface area contributed by atoms with Gasteiger partial charge in [-0.2, -0.15) is 0 Å². The molecule has 18 heavy (non-hydrogen) atoms. The van der Waals surface area contributed by atoms with Gasteiger partial charge in [0.1, 0.15) is 12.4 Å². The van der Waals surface area contributed by atoms with Crippen molar-refractivity contribution in [3.05, 3.63) is 18.2 Å². The van der Waals surface area contributed by atoms with E-state index < -0.39 is 0 Å². The number of fused-ring (bicyclic) bond motifs is 1. The Kier molecular flexibility index (Phi) is 4.28. The van der Waals surface area contributed by atoms with Crippen LogP contribution in [0.5, 0.6) is 11.5 Å². The fourth-order valence-corrected chi connectivity index (χ4v) is 1.70. The fourth-order valence-electron chi connectivity index (χ4n) is 1.64. The van der Waals surface area contributed by atoms with Crippen LogP contribution in [0.25, 0.3) is 0 Å². The Balaban J connectivity index is 2.18. The van der Waals surface area contributed by atoms with Crippen molar-refractivity contribution in [2.24, 2.45) is 10.7 Å². The van der Waals surface area contributed by atoms with E-state index in [-0.39, 0.29) is 12.0 Å². The van der Waals surface area contributed by atoms with E-state index in [4.69, 9.17) is 31.5 Å². The van der Waals surface area contributed by atoms with Gasteiger partial charge in [0.15, 0.2) is 17.6 Å². The van der Waals surface area contributed by atoms with Crippen LogP contribution in [0.4, 0.5) is 5.69 Å². The average Bonchev–Trinajstić information content (AvgIpc) is 2.38. The Morgan fingerprint density at radius 2 is 2.39 bits per heavy atom. The van der Waals surface area contributed by atoms with Crippen molar-refractivity contribution in [3.8, 4) is 11.5 Å². The van der Waals surface area contributed by atoms with Crippen LogP contribution in [0.1, 0.15) is 0 Å². The molecule has 0 aliphatic carbocycles. The van der Waals surface area contributed by atoms with Crippen LogP contribution in [0.3, 0.4) is 0 Å². The highest BCUT2D eigenvalue weighted by Crippen LogP contribution is 2.35. The third-order valence-electron chi connectivity index (χ3n) is 2.41. The Morgan fingerprint density at radius 3 is 3.11 bits per heavy atom. The number of hydrogen-bond donors (Lipinski definition) is 1. The highest BCUT2D eigenvalue weighted by atomic mass is 35.5. The summed E-state index contributed by atoms with van der Waals surface area (Å²) in [5.41, 5.74) is 6.27. The number of halogens is 1. The molecule has 0 spiro atoms. The van der Waals surface area contributed by atoms with Crippen molar-refractivity contribution >= 4 is 23.1 Å². The summed E-state index contributed by atoms with van der Waals surface area (Å²) in [5, 5.41) is 0. The molecule has 5 nitrogen and oxygen atoms in total. The maximum Gasteiger partial charge on any atom is 0.164 e. The number of nitrogens with zero attached hydrogens (tertiary/aromatic N) is 1. The van der Waals surface area contributed by atoms with Crippen molar-refractivity contribution in [1.29, 1.82) is 0 Å². The lowest BCUT2D eigenvalue weighted by molar-refractivity contribution is 0.0273. The molecule has 1 unspecified atom stereocenters. The molecule has 1 aliphatic rings. The first-order valence-electron chi connectivity index (χ1n) is 5.54. The van der Waals surface area contributed by atoms with Gasteiger partial charge in [-0.15, -0.1) is 11.6 Å². The maximum absolute atomic E-state index is 5.74. The van der Waals surface area contributed by atoms with Gasteiger partial charge in [-0.1, -0.05) is 0 Å². The third-order valence-corrected chi connectivity index (χ3v) is 2.68. The zero-order chi connectivity index (χ0) is 13.0. The number of ether oxygens (including phenoxy) is 3. The predicted molar refractivity (Wildman–Crippen MR) is 70.2 cm³/mol. The molecule has 0 bridgehead atoms. The number of nitrogens with two attached hydrogens (primary N) is 1. The third kappa shape index (κ3) is 3.05. The topological polar surface area (TPSA) is 66.1 Å². The van der Waals surface area contributed by atoms with E-state index in [9.17, 15) is 0 Å². The first kappa shape index (κ1) is 13.0. The second-order valence-corrected chi connectivity index (χ2v) is 4.14. The van der Waals surface area contributed by atoms with E-state index in [0.29, 0.717) is 36.2 Å². The highest BCUT2D eigenvalue weighted by molar-refractivity contribution is 6.28. The van der Waals surface area contributed by atoms with E-state index in [2.05, 4.69) is 4.99 Å². The summed E-state index contributed by atoms with van der Waals surface area (Å²) in [5.74, 6) is 1.90. The first-order valence-corrected chi connectivity index (χ1v) is 6.08. The lowest BCUT2D eigenvalue weighted by atomic mass is 10.2. The molecule has 6 heteroatoms. The van der Waals surface area contributed by atoms with Gasteiger partial charge in [0.05, 0.1) is 18.2 Å². The molecule has 1 aromatic carbocycles. The second-order valence-electron chi connectivity index (χ2n) is 3.87. The molecule has 0 radical (unpaired) electrons. The van der Waals surface area contributed by atoms with E-state index in [0.717, 1.165) is 0 Å². The highest BCUT2D eigenvalue weighted by Gasteiger charge is 2.21. The van der Waals surface area contributed by atoms with Crippen molar-refractivity contribution in [1.82, 2.24) is 0 Å². The van der Waals surface area contributed by atoms with Crippen LogP contribution < -0.4 is 15.2 Å². The van der Waals surface area contributed by atoms with Gasteiger partial charge in [0.25, 0.3) is 0 Å². The van der Waals surface area contributed by atoms with Crippen LogP contribution in [-0.4, -0.2) is 38.1 Å². The number of amidine groups is 1. The Hall–Kier alpha value is -1.46. The molecule has 1 heterocycles. The van der Waals surface area contributed by atoms with Gasteiger partial charge in [-0.25, -0.2) is 4.99 Å². The van der Waals surface area contributed by atoms with Crippen molar-refractivity contribution in [2.75, 3.05) is 26.2 Å². The Bertz CT molecular complexity index is 451. The van der Waals surface area contributed by atoms with E-state index in [1.54, 1.807) is 25.3 Å². The van der Waals surface area contributed by atoms with Crippen molar-refractivity contribution < 1.29 is 14.2 Å². The minimum absolute atomic E-state index is 0.105. The molecule has 1 aromatic rings. The number of rotatable bonds is 4. The van der Waals surface area contributed by atoms with Crippen LogP contribution in [-0.2, 0) is 4.74 Å². The predicted octanol–water partition coefficient (Wildman–Crippen LogP) is 1.70. The van der Waals surface area contributed by atoms with Crippen LogP contribution in [0.15, 0.2) is 23.2 Å². The van der Waals surface area contributed by atoms with Gasteiger partial charge in [-0.05, 0) is 12.1 Å². The monoisotopic (exact) mass is 270 g/mol. The van der Waals surface area contributed by atoms with Crippen molar-refractivity contribution in [2.45, 2.75) is 6.10 Å². The summed E-state index contributed by atoms with van der Waals surface area (Å²) in [6.45, 7) is 0.962. The summed E-state index contributed by atoms with van der Waals surface area (Å²) in [7, 11) is 1.63. The molecule has 0 amide bonds. The minimum Gasteiger partial charge on any atom is -0.486 e. The largest absolute Gasteiger partial charge is 0.486 e. The quantitative estimate of drug-likeness (QED) is 0.514. The molecule has 2 N–H and O–H groups in total. The number of alkyl halides is 1. The number of hydrogen-bond acceptors (Lipinski definition) is 4. The smallest absolute Gasteiger partial charge is 0.164 e. The molecule has 98 valence electrons. The number of benzene rings is 1. The lowest BCUT2D eigenvalue weighted by Gasteiger charge is -2.26. The van der Waals surface area contributed by atoms with Crippen LogP contribution in [0.2, 0.25) is 0 Å². The maximum atomic E-state index is 5.74. The van der Waals surface area contributed by atoms with Gasteiger partial charge in [0.2, 0.25) is 0 Å². The van der Waals surface area contributed by atoms with E-state index >= 15 is 0 Å². The minimum atomic E-state index is -0.105. The van der Waals surface area contributed by atoms with Crippen LogP contribution >= 0.6 is 11.6 Å². The summed E-state index contributed by atoms with van der Waals surface area (Å²) in [6.07, 6.45) is -0.105. The van der Waals surface area contributed by atoms with Crippen molar-refractivity contribution in [3.63, 3.8) is 0 Å². The van der Waals surface area contributed by atoms with E-state index in [1.165, 1.54) is 0 Å². The Morgan fingerprint density at radius 1 is 1.56 bits per heavy atom. The molecule has 2 rings (SSSR count). The molecule has 0 saturated carbocycles. The second kappa shape index (κ2) is 5.93. The van der Waals surface area contributed by atoms with Gasteiger partial charge in [0, 0.05) is 13.2 Å². The number of methoxy groups -OCH3 is 1. The molecular formula is C12H15ClN2O3. The van der Waals surface area contributed by atoms with Gasteiger partial charge >= 0.3 is 0 Å². The molecule has 1 aliphatic heterocycles. The summed E-state index contributed by atoms with van der Waals surface area (Å²) in [6, 6.07) is 5.38. The normalized spacial score (nSPS) is 18.8. The summed E-state index contributed by atoms with van der Waals surface area (Å²) >= 11 is 5.58. The number of aliphatic imine (C=N–C) groups is 1.